The third-order valence-corrected chi connectivity index (χ3v) is 7.24. The molecule has 0 aliphatic carbocycles. The van der Waals surface area contributed by atoms with E-state index in [1.54, 1.807) is 42.2 Å². The lowest BCUT2D eigenvalue weighted by Crippen LogP contribution is -2.50. The van der Waals surface area contributed by atoms with Crippen LogP contribution < -0.4 is 0 Å². The highest BCUT2D eigenvalue weighted by atomic mass is 32.2. The number of aryl methyl sites for hydroxylation is 2. The molecule has 0 saturated carbocycles. The Labute approximate surface area is 155 Å². The summed E-state index contributed by atoms with van der Waals surface area (Å²) in [5.74, 6) is -0.198. The Morgan fingerprint density at radius 2 is 1.93 bits per heavy atom. The minimum absolute atomic E-state index is 0.0213. The normalized spacial score (nSPS) is 18.0. The molecule has 1 atom stereocenters. The molecule has 1 unspecified atom stereocenters. The predicted molar refractivity (Wildman–Crippen MR) is 96.6 cm³/mol. The number of carboxylic acids is 1. The maximum atomic E-state index is 13.6. The molecule has 10 heteroatoms. The second kappa shape index (κ2) is 5.89. The fourth-order valence-corrected chi connectivity index (χ4v) is 5.65. The maximum absolute atomic E-state index is 13.6. The van der Waals surface area contributed by atoms with Gasteiger partial charge >= 0.3 is 5.97 Å². The lowest BCUT2D eigenvalue weighted by Gasteiger charge is -2.32. The van der Waals surface area contributed by atoms with Crippen molar-refractivity contribution >= 4 is 26.9 Å². The van der Waals surface area contributed by atoms with Gasteiger partial charge in [-0.2, -0.15) is 4.31 Å². The van der Waals surface area contributed by atoms with Crippen LogP contribution in [0.5, 0.6) is 0 Å². The predicted octanol–water partition coefficient (Wildman–Crippen LogP) is 1.04. The van der Waals surface area contributed by atoms with Crippen molar-refractivity contribution in [3.05, 3.63) is 41.6 Å². The third kappa shape index (κ3) is 2.47. The lowest BCUT2D eigenvalue weighted by molar-refractivity contribution is -0.142. The lowest BCUT2D eigenvalue weighted by atomic mass is 10.2. The van der Waals surface area contributed by atoms with Crippen LogP contribution in [0, 0.1) is 13.8 Å². The molecular weight excluding hydrogens is 370 g/mol. The second-order valence-electron chi connectivity index (χ2n) is 6.67. The summed E-state index contributed by atoms with van der Waals surface area (Å²) in [6.45, 7) is 3.28. The van der Waals surface area contributed by atoms with Crippen LogP contribution in [0.1, 0.15) is 17.3 Å². The highest BCUT2D eigenvalue weighted by molar-refractivity contribution is 7.89. The van der Waals surface area contributed by atoms with Gasteiger partial charge in [-0.15, -0.1) is 10.2 Å². The molecule has 1 aromatic carbocycles. The van der Waals surface area contributed by atoms with Crippen molar-refractivity contribution in [3.8, 4) is 0 Å². The van der Waals surface area contributed by atoms with Crippen molar-refractivity contribution in [2.75, 3.05) is 0 Å². The number of aromatic nitrogens is 4. The fraction of sp³-hybridized carbons (Fsp3) is 0.353. The summed E-state index contributed by atoms with van der Waals surface area (Å²) in [7, 11) is -2.28. The Morgan fingerprint density at radius 1 is 1.22 bits per heavy atom. The molecular formula is C17H19N5O4S. The van der Waals surface area contributed by atoms with Crippen molar-refractivity contribution < 1.29 is 18.3 Å². The molecule has 1 aliphatic rings. The van der Waals surface area contributed by atoms with Gasteiger partial charge in [-0.05, 0) is 19.9 Å². The molecule has 0 bridgehead atoms. The molecule has 0 radical (unpaired) electrons. The van der Waals surface area contributed by atoms with E-state index in [1.165, 1.54) is 0 Å². The number of carbonyl (C=O) groups is 1. The summed E-state index contributed by atoms with van der Waals surface area (Å²) in [5, 5.41) is 18.2. The average Bonchev–Trinajstić information content (AvgIpc) is 3.12. The van der Waals surface area contributed by atoms with Gasteiger partial charge < -0.3 is 14.2 Å². The van der Waals surface area contributed by atoms with Crippen molar-refractivity contribution in [2.45, 2.75) is 37.9 Å². The number of sulfonamides is 1. The van der Waals surface area contributed by atoms with Crippen molar-refractivity contribution in [3.63, 3.8) is 0 Å². The van der Waals surface area contributed by atoms with Crippen molar-refractivity contribution in [2.24, 2.45) is 7.05 Å². The zero-order chi connectivity index (χ0) is 19.5. The van der Waals surface area contributed by atoms with Gasteiger partial charge in [0.25, 0.3) is 0 Å². The highest BCUT2D eigenvalue weighted by Gasteiger charge is 2.42. The molecule has 27 heavy (non-hydrogen) atoms. The summed E-state index contributed by atoms with van der Waals surface area (Å²) >= 11 is 0. The Morgan fingerprint density at radius 3 is 2.63 bits per heavy atom. The summed E-state index contributed by atoms with van der Waals surface area (Å²) in [5.41, 5.74) is 1.33. The van der Waals surface area contributed by atoms with E-state index in [-0.39, 0.29) is 18.0 Å². The summed E-state index contributed by atoms with van der Waals surface area (Å²) < 4.78 is 31.6. The zero-order valence-electron chi connectivity index (χ0n) is 15.1. The van der Waals surface area contributed by atoms with Gasteiger partial charge in [0.15, 0.2) is 0 Å². The van der Waals surface area contributed by atoms with Gasteiger partial charge in [0.05, 0.1) is 13.1 Å². The van der Waals surface area contributed by atoms with Gasteiger partial charge in [0.1, 0.15) is 22.6 Å². The highest BCUT2D eigenvalue weighted by Crippen LogP contribution is 2.34. The topological polar surface area (TPSA) is 110 Å². The van der Waals surface area contributed by atoms with Gasteiger partial charge in [-0.25, -0.2) is 8.42 Å². The molecule has 0 fully saturated rings. The van der Waals surface area contributed by atoms with Crippen molar-refractivity contribution in [1.82, 2.24) is 23.6 Å². The van der Waals surface area contributed by atoms with E-state index in [0.29, 0.717) is 22.7 Å². The fourth-order valence-electron chi connectivity index (χ4n) is 3.68. The van der Waals surface area contributed by atoms with E-state index in [9.17, 15) is 18.3 Å². The number of hydrogen-bond donors (Lipinski definition) is 1. The average molecular weight is 389 g/mol. The molecule has 3 aromatic rings. The second-order valence-corrected chi connectivity index (χ2v) is 8.50. The number of carboxylic acid groups (broad SMARTS) is 1. The molecule has 9 nitrogen and oxygen atoms in total. The first-order valence-corrected chi connectivity index (χ1v) is 9.85. The van der Waals surface area contributed by atoms with Crippen LogP contribution in [-0.2, 0) is 35.0 Å². The first kappa shape index (κ1) is 17.7. The first-order valence-electron chi connectivity index (χ1n) is 8.41. The summed E-state index contributed by atoms with van der Waals surface area (Å²) in [4.78, 5) is 12.0. The van der Waals surface area contributed by atoms with E-state index in [1.807, 2.05) is 12.1 Å². The van der Waals surface area contributed by atoms with Gasteiger partial charge in [-0.1, -0.05) is 18.2 Å². The Kier molecular flexibility index (Phi) is 3.86. The largest absolute Gasteiger partial charge is 0.480 e. The molecule has 3 heterocycles. The van der Waals surface area contributed by atoms with Crippen LogP contribution in [0.4, 0.5) is 0 Å². The first-order chi connectivity index (χ1) is 12.7. The number of benzene rings is 1. The van der Waals surface area contributed by atoms with Crippen LogP contribution in [0.3, 0.4) is 0 Å². The number of hydrogen-bond acceptors (Lipinski definition) is 5. The maximum Gasteiger partial charge on any atom is 0.323 e. The number of rotatable bonds is 3. The van der Waals surface area contributed by atoms with E-state index in [4.69, 9.17) is 0 Å². The molecule has 4 rings (SSSR count). The number of aliphatic carboxylic acids is 1. The summed E-state index contributed by atoms with van der Waals surface area (Å²) in [6, 6.07) is 5.96. The van der Waals surface area contributed by atoms with Crippen LogP contribution in [0.25, 0.3) is 10.9 Å². The minimum Gasteiger partial charge on any atom is -0.480 e. The Hall–Kier alpha value is -2.72. The molecule has 0 saturated heterocycles. The number of nitrogens with zero attached hydrogens (tertiary/aromatic N) is 5. The molecule has 1 N–H and O–H groups in total. The molecule has 0 amide bonds. The standard InChI is InChI=1S/C17H19N5O4S/c1-10-16(12-6-4-5-7-13(12)20(10)3)27(25,26)22-9-15-19-18-11(2)21(15)8-14(22)17(23)24/h4-7,14H,8-9H2,1-3H3,(H,23,24). The van der Waals surface area contributed by atoms with Crippen LogP contribution in [0.2, 0.25) is 0 Å². The zero-order valence-corrected chi connectivity index (χ0v) is 15.9. The summed E-state index contributed by atoms with van der Waals surface area (Å²) in [6.07, 6.45) is 0. The quantitative estimate of drug-likeness (QED) is 0.717. The monoisotopic (exact) mass is 389 g/mol. The van der Waals surface area contributed by atoms with E-state index in [0.717, 1.165) is 9.82 Å². The molecule has 1 aliphatic heterocycles. The molecule has 142 valence electrons. The minimum atomic E-state index is -4.08. The van der Waals surface area contributed by atoms with Crippen molar-refractivity contribution in [1.29, 1.82) is 0 Å². The Bertz CT molecular complexity index is 1180. The third-order valence-electron chi connectivity index (χ3n) is 5.21. The van der Waals surface area contributed by atoms with Crippen LogP contribution >= 0.6 is 0 Å². The van der Waals surface area contributed by atoms with E-state index in [2.05, 4.69) is 10.2 Å². The smallest absolute Gasteiger partial charge is 0.323 e. The Balaban J connectivity index is 1.92. The van der Waals surface area contributed by atoms with Crippen LogP contribution in [-0.4, -0.2) is 49.2 Å². The molecule has 2 aromatic heterocycles. The van der Waals surface area contributed by atoms with E-state index >= 15 is 0 Å². The SMILES string of the molecule is Cc1nnc2n1CC(C(=O)O)N(S(=O)(=O)c1c(C)n(C)c3ccccc13)C2. The molecule has 0 spiro atoms. The van der Waals surface area contributed by atoms with E-state index < -0.39 is 22.0 Å². The van der Waals surface area contributed by atoms with Gasteiger partial charge in [0.2, 0.25) is 10.0 Å². The van der Waals surface area contributed by atoms with Gasteiger partial charge in [0, 0.05) is 23.6 Å². The van der Waals surface area contributed by atoms with Crippen LogP contribution in [0.15, 0.2) is 29.2 Å². The van der Waals surface area contributed by atoms with Gasteiger partial charge in [-0.3, -0.25) is 4.79 Å². The number of para-hydroxylation sites is 1. The number of fused-ring (bicyclic) bond motifs is 2.